The van der Waals surface area contributed by atoms with Crippen LogP contribution in [0.15, 0.2) is 53.8 Å². The van der Waals surface area contributed by atoms with E-state index in [-0.39, 0.29) is 11.2 Å². The summed E-state index contributed by atoms with van der Waals surface area (Å²) in [4.78, 5) is 19.4. The van der Waals surface area contributed by atoms with Crippen LogP contribution in [0, 0.1) is 0 Å². The number of anilines is 2. The van der Waals surface area contributed by atoms with Gasteiger partial charge in [0.25, 0.3) is 0 Å². The second-order valence-corrected chi connectivity index (χ2v) is 9.03. The Balaban J connectivity index is 1.47. The van der Waals surface area contributed by atoms with Crippen LogP contribution in [0.1, 0.15) is 13.8 Å². The number of carbonyl (C=O) groups is 1. The molecule has 3 aromatic rings. The van der Waals surface area contributed by atoms with Crippen molar-refractivity contribution in [2.24, 2.45) is 0 Å². The van der Waals surface area contributed by atoms with Gasteiger partial charge in [0.1, 0.15) is 13.2 Å². The Bertz CT molecular complexity index is 1100. The molecule has 1 amide bonds. The lowest BCUT2D eigenvalue weighted by atomic mass is 10.1. The summed E-state index contributed by atoms with van der Waals surface area (Å²) in [5.74, 6) is 1.46. The van der Waals surface area contributed by atoms with Crippen LogP contribution in [-0.4, -0.2) is 48.0 Å². The molecule has 0 radical (unpaired) electrons. The van der Waals surface area contributed by atoms with E-state index in [4.69, 9.17) is 9.47 Å². The number of fused-ring (bicyclic) bond motifs is 1. The van der Waals surface area contributed by atoms with Crippen LogP contribution in [-0.2, 0) is 11.3 Å². The van der Waals surface area contributed by atoms with Crippen molar-refractivity contribution in [2.45, 2.75) is 30.8 Å². The number of carbonyl (C=O) groups excluding carboxylic acids is 1. The van der Waals surface area contributed by atoms with Gasteiger partial charge < -0.3 is 24.3 Å². The fourth-order valence-electron chi connectivity index (χ4n) is 3.49. The summed E-state index contributed by atoms with van der Waals surface area (Å²) in [6, 6.07) is 13.7. The van der Waals surface area contributed by atoms with E-state index in [0.29, 0.717) is 13.2 Å². The molecule has 0 saturated carbocycles. The molecule has 0 fully saturated rings. The zero-order valence-corrected chi connectivity index (χ0v) is 19.6. The first-order valence-corrected chi connectivity index (χ1v) is 11.5. The number of imidazole rings is 1. The summed E-state index contributed by atoms with van der Waals surface area (Å²) in [6.45, 7) is 5.83. The van der Waals surface area contributed by atoms with E-state index in [1.165, 1.54) is 11.8 Å². The summed E-state index contributed by atoms with van der Waals surface area (Å²) >= 11 is 1.45. The maximum atomic E-state index is 12.8. The number of ether oxygens (including phenoxy) is 2. The van der Waals surface area contributed by atoms with E-state index in [1.807, 2.05) is 74.6 Å². The van der Waals surface area contributed by atoms with E-state index >= 15 is 0 Å². The lowest BCUT2D eigenvalue weighted by Gasteiger charge is -2.19. The van der Waals surface area contributed by atoms with Crippen molar-refractivity contribution in [2.75, 3.05) is 37.5 Å². The van der Waals surface area contributed by atoms with Crippen LogP contribution in [0.25, 0.3) is 11.3 Å². The van der Waals surface area contributed by atoms with Crippen LogP contribution in [0.2, 0.25) is 0 Å². The largest absolute Gasteiger partial charge is 0.486 e. The van der Waals surface area contributed by atoms with Crippen molar-refractivity contribution in [1.82, 2.24) is 9.55 Å². The van der Waals surface area contributed by atoms with Crippen molar-refractivity contribution in [3.8, 4) is 22.8 Å². The highest BCUT2D eigenvalue weighted by Crippen LogP contribution is 2.36. The quantitative estimate of drug-likeness (QED) is 0.532. The molecular weight excluding hydrogens is 424 g/mol. The Hall–Kier alpha value is -3.13. The molecule has 1 atom stereocenters. The molecule has 7 nitrogen and oxygen atoms in total. The van der Waals surface area contributed by atoms with Crippen molar-refractivity contribution < 1.29 is 14.3 Å². The smallest absolute Gasteiger partial charge is 0.237 e. The van der Waals surface area contributed by atoms with E-state index in [2.05, 4.69) is 21.8 Å². The highest BCUT2D eigenvalue weighted by atomic mass is 32.2. The minimum absolute atomic E-state index is 0.0564. The molecule has 1 aliphatic rings. The van der Waals surface area contributed by atoms with E-state index in [1.54, 1.807) is 0 Å². The number of amides is 1. The molecule has 0 spiro atoms. The third kappa shape index (κ3) is 4.70. The third-order valence-corrected chi connectivity index (χ3v) is 6.38. The van der Waals surface area contributed by atoms with Crippen molar-refractivity contribution in [3.63, 3.8) is 0 Å². The zero-order valence-electron chi connectivity index (χ0n) is 18.8. The highest BCUT2D eigenvalue weighted by Gasteiger charge is 2.20. The van der Waals surface area contributed by atoms with Gasteiger partial charge in [0.2, 0.25) is 5.91 Å². The van der Waals surface area contributed by atoms with E-state index in [0.717, 1.165) is 45.8 Å². The Morgan fingerprint density at radius 3 is 2.56 bits per heavy atom. The van der Waals surface area contributed by atoms with Crippen LogP contribution < -0.4 is 19.7 Å². The number of nitrogens with one attached hydrogen (secondary N) is 1. The third-order valence-electron chi connectivity index (χ3n) is 5.28. The van der Waals surface area contributed by atoms with Gasteiger partial charge in [-0.3, -0.25) is 4.79 Å². The van der Waals surface area contributed by atoms with Gasteiger partial charge in [0, 0.05) is 37.6 Å². The molecule has 0 saturated heterocycles. The monoisotopic (exact) mass is 452 g/mol. The average Bonchev–Trinajstić information content (AvgIpc) is 3.21. The molecule has 0 aliphatic carbocycles. The molecule has 2 aromatic carbocycles. The first-order valence-electron chi connectivity index (χ1n) is 10.7. The Kier molecular flexibility index (Phi) is 6.60. The lowest BCUT2D eigenvalue weighted by molar-refractivity contribution is -0.115. The number of thioether (sulfide) groups is 1. The molecule has 1 unspecified atom stereocenters. The predicted octanol–water partition coefficient (Wildman–Crippen LogP) is 4.53. The standard InChI is InChI=1S/C24H28N4O3S/c1-5-28-20(17-6-11-21-22(14-17)31-13-12-30-21)15-25-24(28)32-16(2)23(29)26-18-7-9-19(10-8-18)27(3)4/h6-11,14-16H,5,12-13H2,1-4H3,(H,26,29). The van der Waals surface area contributed by atoms with Gasteiger partial charge in [0.05, 0.1) is 17.1 Å². The SMILES string of the molecule is CCn1c(-c2ccc3c(c2)OCCO3)cnc1SC(C)C(=O)Nc1ccc(N(C)C)cc1. The molecule has 1 N–H and O–H groups in total. The molecule has 0 bridgehead atoms. The lowest BCUT2D eigenvalue weighted by Crippen LogP contribution is -2.23. The predicted molar refractivity (Wildman–Crippen MR) is 129 cm³/mol. The normalized spacial score (nSPS) is 13.5. The fourth-order valence-corrected chi connectivity index (χ4v) is 4.44. The molecular formula is C24H28N4O3S. The van der Waals surface area contributed by atoms with Crippen LogP contribution in [0.4, 0.5) is 11.4 Å². The Morgan fingerprint density at radius 1 is 1.16 bits per heavy atom. The number of aromatic nitrogens is 2. The molecule has 1 aromatic heterocycles. The number of nitrogens with zero attached hydrogens (tertiary/aromatic N) is 3. The Morgan fingerprint density at radius 2 is 1.88 bits per heavy atom. The number of benzene rings is 2. The van der Waals surface area contributed by atoms with Gasteiger partial charge in [-0.1, -0.05) is 11.8 Å². The van der Waals surface area contributed by atoms with Gasteiger partial charge in [-0.15, -0.1) is 0 Å². The summed E-state index contributed by atoms with van der Waals surface area (Å²) in [6.07, 6.45) is 1.85. The minimum atomic E-state index is -0.302. The highest BCUT2D eigenvalue weighted by molar-refractivity contribution is 8.00. The van der Waals surface area contributed by atoms with Crippen molar-refractivity contribution >= 4 is 29.0 Å². The molecule has 2 heterocycles. The molecule has 8 heteroatoms. The fraction of sp³-hybridized carbons (Fsp3) is 0.333. The van der Waals surface area contributed by atoms with E-state index in [9.17, 15) is 4.79 Å². The number of hydrogen-bond donors (Lipinski definition) is 1. The number of rotatable bonds is 7. The van der Waals surface area contributed by atoms with Gasteiger partial charge in [0.15, 0.2) is 16.7 Å². The van der Waals surface area contributed by atoms with Gasteiger partial charge in [-0.25, -0.2) is 4.98 Å². The maximum absolute atomic E-state index is 12.8. The zero-order chi connectivity index (χ0) is 22.7. The second kappa shape index (κ2) is 9.56. The van der Waals surface area contributed by atoms with Crippen LogP contribution >= 0.6 is 11.8 Å². The first-order chi connectivity index (χ1) is 15.5. The van der Waals surface area contributed by atoms with Gasteiger partial charge in [-0.2, -0.15) is 0 Å². The second-order valence-electron chi connectivity index (χ2n) is 7.72. The Labute approximate surface area is 192 Å². The van der Waals surface area contributed by atoms with Gasteiger partial charge in [-0.05, 0) is 56.3 Å². The molecule has 4 rings (SSSR count). The average molecular weight is 453 g/mol. The van der Waals surface area contributed by atoms with Gasteiger partial charge >= 0.3 is 0 Å². The maximum Gasteiger partial charge on any atom is 0.237 e. The summed E-state index contributed by atoms with van der Waals surface area (Å²) < 4.78 is 13.5. The first kappa shape index (κ1) is 22.1. The summed E-state index contributed by atoms with van der Waals surface area (Å²) in [5, 5.41) is 3.50. The van der Waals surface area contributed by atoms with E-state index < -0.39 is 0 Å². The summed E-state index contributed by atoms with van der Waals surface area (Å²) in [7, 11) is 3.97. The number of hydrogen-bond acceptors (Lipinski definition) is 6. The molecule has 1 aliphatic heterocycles. The molecule has 32 heavy (non-hydrogen) atoms. The van der Waals surface area contributed by atoms with Crippen molar-refractivity contribution in [1.29, 1.82) is 0 Å². The van der Waals surface area contributed by atoms with Crippen LogP contribution in [0.5, 0.6) is 11.5 Å². The van der Waals surface area contributed by atoms with Crippen molar-refractivity contribution in [3.05, 3.63) is 48.7 Å². The molecule has 168 valence electrons. The topological polar surface area (TPSA) is 68.6 Å². The summed E-state index contributed by atoms with van der Waals surface area (Å²) in [5.41, 5.74) is 3.86. The minimum Gasteiger partial charge on any atom is -0.486 e. The van der Waals surface area contributed by atoms with Crippen LogP contribution in [0.3, 0.4) is 0 Å².